The van der Waals surface area contributed by atoms with Crippen LogP contribution < -0.4 is 10.2 Å². The van der Waals surface area contributed by atoms with E-state index < -0.39 is 0 Å². The molecule has 0 atom stereocenters. The molecule has 1 amide bonds. The first-order chi connectivity index (χ1) is 11.4. The molecule has 0 unspecified atom stereocenters. The monoisotopic (exact) mass is 326 g/mol. The van der Waals surface area contributed by atoms with Crippen molar-refractivity contribution in [3.8, 4) is 11.5 Å². The highest BCUT2D eigenvalue weighted by Gasteiger charge is 2.21. The molecule has 5 heteroatoms. The summed E-state index contributed by atoms with van der Waals surface area (Å²) in [6, 6.07) is 8.66. The van der Waals surface area contributed by atoms with Gasteiger partial charge in [0.05, 0.1) is 5.56 Å². The molecule has 0 saturated heterocycles. The van der Waals surface area contributed by atoms with Gasteiger partial charge in [-0.05, 0) is 47.7 Å². The Morgan fingerprint density at radius 1 is 1.17 bits per heavy atom. The lowest BCUT2D eigenvalue weighted by Gasteiger charge is -2.20. The average molecular weight is 326 g/mol. The maximum Gasteiger partial charge on any atom is 0.261 e. The first-order valence-electron chi connectivity index (χ1n) is 8.09. The van der Waals surface area contributed by atoms with Gasteiger partial charge in [-0.3, -0.25) is 4.79 Å². The summed E-state index contributed by atoms with van der Waals surface area (Å²) in [5.41, 5.74) is 3.90. The van der Waals surface area contributed by atoms with Crippen molar-refractivity contribution in [3.63, 3.8) is 0 Å². The van der Waals surface area contributed by atoms with Gasteiger partial charge in [-0.1, -0.05) is 13.8 Å². The summed E-state index contributed by atoms with van der Waals surface area (Å²) in [7, 11) is 1.69. The largest absolute Gasteiger partial charge is 0.508 e. The Balaban J connectivity index is 1.95. The van der Waals surface area contributed by atoms with Gasteiger partial charge < -0.3 is 20.4 Å². The third-order valence-corrected chi connectivity index (χ3v) is 4.49. The highest BCUT2D eigenvalue weighted by molar-refractivity contribution is 6.08. The normalized spacial score (nSPS) is 12.8. The fourth-order valence-electron chi connectivity index (χ4n) is 3.03. The van der Waals surface area contributed by atoms with Crippen molar-refractivity contribution in [1.29, 1.82) is 0 Å². The molecule has 5 nitrogen and oxygen atoms in total. The summed E-state index contributed by atoms with van der Waals surface area (Å²) in [4.78, 5) is 14.3. The predicted octanol–water partition coefficient (Wildman–Crippen LogP) is 3.47. The van der Waals surface area contributed by atoms with Crippen LogP contribution in [0.1, 0.15) is 41.3 Å². The molecule has 0 fully saturated rings. The second-order valence-electron chi connectivity index (χ2n) is 6.47. The Bertz CT molecular complexity index is 799. The highest BCUT2D eigenvalue weighted by Crippen LogP contribution is 2.34. The summed E-state index contributed by atoms with van der Waals surface area (Å²) in [5.74, 6) is -0.462. The molecule has 0 saturated carbocycles. The maximum absolute atomic E-state index is 12.8. The lowest BCUT2D eigenvalue weighted by Crippen LogP contribution is -2.26. The van der Waals surface area contributed by atoms with Crippen LogP contribution in [0.3, 0.4) is 0 Å². The number of amides is 1. The van der Waals surface area contributed by atoms with Crippen molar-refractivity contribution >= 4 is 17.3 Å². The van der Waals surface area contributed by atoms with Crippen LogP contribution in [0, 0.1) is 0 Å². The van der Waals surface area contributed by atoms with Crippen molar-refractivity contribution in [2.45, 2.75) is 26.2 Å². The van der Waals surface area contributed by atoms with Crippen molar-refractivity contribution in [2.75, 3.05) is 23.8 Å². The average Bonchev–Trinajstić information content (AvgIpc) is 3.00. The van der Waals surface area contributed by atoms with Crippen LogP contribution in [0.2, 0.25) is 0 Å². The molecule has 3 rings (SSSR count). The number of phenolic OH excluding ortho intramolecular Hbond substituents is 2. The number of anilines is 2. The number of aromatic hydroxyl groups is 2. The lowest BCUT2D eigenvalue weighted by molar-refractivity contribution is 0.0990. The third kappa shape index (κ3) is 2.77. The Labute approximate surface area is 141 Å². The quantitative estimate of drug-likeness (QED) is 0.807. The second kappa shape index (κ2) is 6.07. The van der Waals surface area contributed by atoms with E-state index in [2.05, 4.69) is 5.32 Å². The van der Waals surface area contributed by atoms with Gasteiger partial charge in [0.2, 0.25) is 0 Å². The number of fused-ring (bicyclic) bond motifs is 1. The molecule has 1 aliphatic rings. The first-order valence-corrected chi connectivity index (χ1v) is 8.09. The minimum absolute atomic E-state index is 0.00492. The summed E-state index contributed by atoms with van der Waals surface area (Å²) in [5, 5.41) is 23.3. The van der Waals surface area contributed by atoms with Gasteiger partial charge in [-0.15, -0.1) is 0 Å². The fraction of sp³-hybridized carbons (Fsp3) is 0.316. The molecule has 0 aromatic heterocycles. The highest BCUT2D eigenvalue weighted by atomic mass is 16.3. The molecule has 1 heterocycles. The lowest BCUT2D eigenvalue weighted by atomic mass is 9.98. The van der Waals surface area contributed by atoms with Crippen LogP contribution in [0.25, 0.3) is 0 Å². The third-order valence-electron chi connectivity index (χ3n) is 4.49. The number of phenols is 2. The number of carbonyl (C=O) groups excluding carboxylic acids is 1. The van der Waals surface area contributed by atoms with Crippen molar-refractivity contribution in [2.24, 2.45) is 0 Å². The standard InChI is InChI=1S/C19H22N2O3/c1-11(2)14-9-15(18(23)10-17(14)22)19(24)21(3)13-4-5-16-12(8-13)6-7-20-16/h4-5,8-11,20,22-23H,6-7H2,1-3H3. The summed E-state index contributed by atoms with van der Waals surface area (Å²) in [6.07, 6.45) is 0.938. The Hall–Kier alpha value is -2.69. The van der Waals surface area contributed by atoms with Gasteiger partial charge in [0.1, 0.15) is 11.5 Å². The zero-order valence-corrected chi connectivity index (χ0v) is 14.1. The molecule has 0 aliphatic carbocycles. The van der Waals surface area contributed by atoms with E-state index in [-0.39, 0.29) is 28.9 Å². The number of hydrogen-bond acceptors (Lipinski definition) is 4. The molecule has 2 aromatic carbocycles. The summed E-state index contributed by atoms with van der Waals surface area (Å²) >= 11 is 0. The van der Waals surface area contributed by atoms with E-state index >= 15 is 0 Å². The van der Waals surface area contributed by atoms with Gasteiger partial charge in [0.25, 0.3) is 5.91 Å². The molecule has 3 N–H and O–H groups in total. The van der Waals surface area contributed by atoms with E-state index in [4.69, 9.17) is 0 Å². The number of rotatable bonds is 3. The van der Waals surface area contributed by atoms with Crippen molar-refractivity contribution in [1.82, 2.24) is 0 Å². The van der Waals surface area contributed by atoms with Gasteiger partial charge in [0.15, 0.2) is 0 Å². The van der Waals surface area contributed by atoms with Crippen LogP contribution in [0.15, 0.2) is 30.3 Å². The zero-order valence-electron chi connectivity index (χ0n) is 14.1. The van der Waals surface area contributed by atoms with Crippen molar-refractivity contribution in [3.05, 3.63) is 47.0 Å². The topological polar surface area (TPSA) is 72.8 Å². The minimum Gasteiger partial charge on any atom is -0.508 e. The predicted molar refractivity (Wildman–Crippen MR) is 95.2 cm³/mol. The Morgan fingerprint density at radius 3 is 2.62 bits per heavy atom. The number of nitrogens with zero attached hydrogens (tertiary/aromatic N) is 1. The van der Waals surface area contributed by atoms with Crippen LogP contribution >= 0.6 is 0 Å². The molecule has 2 aromatic rings. The maximum atomic E-state index is 12.8. The Kier molecular flexibility index (Phi) is 4.09. The molecule has 1 aliphatic heterocycles. The van der Waals surface area contributed by atoms with E-state index in [1.807, 2.05) is 32.0 Å². The molecule has 0 radical (unpaired) electrons. The van der Waals surface area contributed by atoms with E-state index in [9.17, 15) is 15.0 Å². The van der Waals surface area contributed by atoms with Crippen LogP contribution in [-0.4, -0.2) is 29.7 Å². The minimum atomic E-state index is -0.305. The smallest absolute Gasteiger partial charge is 0.261 e. The molecular formula is C19H22N2O3. The van der Waals surface area contributed by atoms with Gasteiger partial charge >= 0.3 is 0 Å². The van der Waals surface area contributed by atoms with Crippen LogP contribution in [0.4, 0.5) is 11.4 Å². The number of carbonyl (C=O) groups is 1. The second-order valence-corrected chi connectivity index (χ2v) is 6.47. The number of hydrogen-bond donors (Lipinski definition) is 3. The summed E-state index contributed by atoms with van der Waals surface area (Å²) < 4.78 is 0. The molecule has 0 spiro atoms. The molecule has 0 bridgehead atoms. The van der Waals surface area contributed by atoms with Crippen LogP contribution in [0.5, 0.6) is 11.5 Å². The Morgan fingerprint density at radius 2 is 1.92 bits per heavy atom. The van der Waals surface area contributed by atoms with Gasteiger partial charge in [0, 0.05) is 31.0 Å². The van der Waals surface area contributed by atoms with E-state index in [0.29, 0.717) is 5.56 Å². The van der Waals surface area contributed by atoms with E-state index in [1.54, 1.807) is 13.1 Å². The fourth-order valence-corrected chi connectivity index (χ4v) is 3.03. The molecule has 24 heavy (non-hydrogen) atoms. The SMILES string of the molecule is CC(C)c1cc(C(=O)N(C)c2ccc3c(c2)CCN3)c(O)cc1O. The molecule has 126 valence electrons. The van der Waals surface area contributed by atoms with Gasteiger partial charge in [-0.25, -0.2) is 0 Å². The zero-order chi connectivity index (χ0) is 17.4. The summed E-state index contributed by atoms with van der Waals surface area (Å²) in [6.45, 7) is 4.77. The van der Waals surface area contributed by atoms with Crippen LogP contribution in [-0.2, 0) is 6.42 Å². The van der Waals surface area contributed by atoms with E-state index in [0.717, 1.165) is 24.3 Å². The first kappa shape index (κ1) is 16.2. The number of nitrogens with one attached hydrogen (secondary N) is 1. The molecular weight excluding hydrogens is 304 g/mol. The van der Waals surface area contributed by atoms with Crippen molar-refractivity contribution < 1.29 is 15.0 Å². The van der Waals surface area contributed by atoms with E-state index in [1.165, 1.54) is 16.5 Å². The number of benzene rings is 2. The van der Waals surface area contributed by atoms with Gasteiger partial charge in [-0.2, -0.15) is 0 Å².